The molecule has 0 aliphatic carbocycles. The standard InChI is InChI=1S/C15H23BrN2O/c1-4-14-10-19-11(2)9-18(14)15-6-5-13(16)7-12(15)8-17-3/h5-7,11,14,17H,4,8-10H2,1-3H3. The highest BCUT2D eigenvalue weighted by molar-refractivity contribution is 9.10. The van der Waals surface area contributed by atoms with Crippen LogP contribution in [0.1, 0.15) is 25.8 Å². The Morgan fingerprint density at radius 3 is 2.95 bits per heavy atom. The maximum atomic E-state index is 5.79. The molecule has 19 heavy (non-hydrogen) atoms. The SMILES string of the molecule is CCC1COC(C)CN1c1ccc(Br)cc1CNC. The van der Waals surface area contributed by atoms with Crippen LogP contribution in [0.15, 0.2) is 22.7 Å². The van der Waals surface area contributed by atoms with Crippen molar-refractivity contribution in [2.24, 2.45) is 0 Å². The maximum Gasteiger partial charge on any atom is 0.0723 e. The van der Waals surface area contributed by atoms with Gasteiger partial charge in [-0.25, -0.2) is 0 Å². The molecule has 0 spiro atoms. The zero-order chi connectivity index (χ0) is 13.8. The van der Waals surface area contributed by atoms with Gasteiger partial charge in [-0.2, -0.15) is 0 Å². The van der Waals surface area contributed by atoms with Crippen LogP contribution < -0.4 is 10.2 Å². The molecule has 1 aromatic carbocycles. The minimum Gasteiger partial charge on any atom is -0.375 e. The molecule has 1 heterocycles. The van der Waals surface area contributed by atoms with E-state index in [9.17, 15) is 0 Å². The van der Waals surface area contributed by atoms with Crippen molar-refractivity contribution in [2.75, 3.05) is 25.1 Å². The zero-order valence-electron chi connectivity index (χ0n) is 11.9. The van der Waals surface area contributed by atoms with E-state index in [0.29, 0.717) is 12.1 Å². The Bertz CT molecular complexity index is 425. The minimum atomic E-state index is 0.300. The van der Waals surface area contributed by atoms with E-state index in [4.69, 9.17) is 4.74 Å². The Hall–Kier alpha value is -0.580. The van der Waals surface area contributed by atoms with Crippen LogP contribution in [0.4, 0.5) is 5.69 Å². The number of anilines is 1. The summed E-state index contributed by atoms with van der Waals surface area (Å²) in [6, 6.07) is 7.03. The van der Waals surface area contributed by atoms with Gasteiger partial charge in [0.2, 0.25) is 0 Å². The number of hydrogen-bond donors (Lipinski definition) is 1. The van der Waals surface area contributed by atoms with Gasteiger partial charge in [0, 0.05) is 23.2 Å². The normalized spacial score (nSPS) is 23.7. The van der Waals surface area contributed by atoms with Crippen molar-refractivity contribution in [3.05, 3.63) is 28.2 Å². The summed E-state index contributed by atoms with van der Waals surface area (Å²) in [5.74, 6) is 0. The lowest BCUT2D eigenvalue weighted by atomic mass is 10.1. The number of morpholine rings is 1. The summed E-state index contributed by atoms with van der Waals surface area (Å²) >= 11 is 3.56. The molecule has 0 amide bonds. The average Bonchev–Trinajstić information content (AvgIpc) is 2.39. The Kier molecular flexibility index (Phi) is 5.25. The monoisotopic (exact) mass is 326 g/mol. The third-order valence-electron chi connectivity index (χ3n) is 3.66. The first-order chi connectivity index (χ1) is 9.15. The largest absolute Gasteiger partial charge is 0.375 e. The molecule has 106 valence electrons. The van der Waals surface area contributed by atoms with E-state index < -0.39 is 0 Å². The third-order valence-corrected chi connectivity index (χ3v) is 4.15. The lowest BCUT2D eigenvalue weighted by Gasteiger charge is -2.41. The molecule has 2 unspecified atom stereocenters. The summed E-state index contributed by atoms with van der Waals surface area (Å²) in [6.45, 7) is 7.06. The highest BCUT2D eigenvalue weighted by Crippen LogP contribution is 2.29. The quantitative estimate of drug-likeness (QED) is 0.919. The van der Waals surface area contributed by atoms with Crippen molar-refractivity contribution >= 4 is 21.6 Å². The van der Waals surface area contributed by atoms with E-state index in [1.165, 1.54) is 11.3 Å². The van der Waals surface area contributed by atoms with Gasteiger partial charge in [-0.3, -0.25) is 0 Å². The molecule has 3 nitrogen and oxygen atoms in total. The second-order valence-corrected chi connectivity index (χ2v) is 6.08. The van der Waals surface area contributed by atoms with Crippen molar-refractivity contribution in [3.8, 4) is 0 Å². The average molecular weight is 327 g/mol. The molecular formula is C15H23BrN2O. The fraction of sp³-hybridized carbons (Fsp3) is 0.600. The molecule has 0 saturated carbocycles. The first-order valence-corrected chi connectivity index (χ1v) is 7.76. The minimum absolute atomic E-state index is 0.300. The molecule has 2 atom stereocenters. The number of hydrogen-bond acceptors (Lipinski definition) is 3. The number of nitrogens with one attached hydrogen (secondary N) is 1. The summed E-state index contributed by atoms with van der Waals surface area (Å²) in [7, 11) is 1.99. The van der Waals surface area contributed by atoms with Crippen LogP contribution in [0.2, 0.25) is 0 Å². The summed E-state index contributed by atoms with van der Waals surface area (Å²) < 4.78 is 6.93. The number of rotatable bonds is 4. The van der Waals surface area contributed by atoms with Crippen molar-refractivity contribution in [1.82, 2.24) is 5.32 Å². The highest BCUT2D eigenvalue weighted by Gasteiger charge is 2.27. The van der Waals surface area contributed by atoms with E-state index in [1.807, 2.05) is 7.05 Å². The molecule has 1 fully saturated rings. The van der Waals surface area contributed by atoms with E-state index >= 15 is 0 Å². The van der Waals surface area contributed by atoms with Crippen LogP contribution in [0.5, 0.6) is 0 Å². The molecular weight excluding hydrogens is 304 g/mol. The smallest absolute Gasteiger partial charge is 0.0723 e. The van der Waals surface area contributed by atoms with E-state index in [0.717, 1.165) is 30.6 Å². The number of benzene rings is 1. The Morgan fingerprint density at radius 1 is 1.47 bits per heavy atom. The van der Waals surface area contributed by atoms with Crippen LogP contribution in [-0.2, 0) is 11.3 Å². The first kappa shape index (κ1) is 14.8. The fourth-order valence-corrected chi connectivity index (χ4v) is 3.05. The second kappa shape index (κ2) is 6.73. The van der Waals surface area contributed by atoms with E-state index in [-0.39, 0.29) is 0 Å². The lowest BCUT2D eigenvalue weighted by Crippen LogP contribution is -2.49. The molecule has 1 aliphatic heterocycles. The molecule has 1 aromatic rings. The predicted molar refractivity (Wildman–Crippen MR) is 83.7 cm³/mol. The van der Waals surface area contributed by atoms with E-state index in [1.54, 1.807) is 0 Å². The van der Waals surface area contributed by atoms with E-state index in [2.05, 4.69) is 58.2 Å². The van der Waals surface area contributed by atoms with Crippen molar-refractivity contribution in [3.63, 3.8) is 0 Å². The highest BCUT2D eigenvalue weighted by atomic mass is 79.9. The summed E-state index contributed by atoms with van der Waals surface area (Å²) in [5.41, 5.74) is 2.67. The lowest BCUT2D eigenvalue weighted by molar-refractivity contribution is 0.0299. The molecule has 1 saturated heterocycles. The van der Waals surface area contributed by atoms with Crippen LogP contribution >= 0.6 is 15.9 Å². The molecule has 0 aromatic heterocycles. The van der Waals surface area contributed by atoms with Crippen LogP contribution in [-0.4, -0.2) is 32.3 Å². The van der Waals surface area contributed by atoms with Gasteiger partial charge < -0.3 is 15.0 Å². The van der Waals surface area contributed by atoms with Gasteiger partial charge in [-0.05, 0) is 44.2 Å². The zero-order valence-corrected chi connectivity index (χ0v) is 13.5. The van der Waals surface area contributed by atoms with Gasteiger partial charge in [0.05, 0.1) is 18.8 Å². The third kappa shape index (κ3) is 3.50. The van der Waals surface area contributed by atoms with Gasteiger partial charge >= 0.3 is 0 Å². The second-order valence-electron chi connectivity index (χ2n) is 5.16. The molecule has 2 rings (SSSR count). The van der Waals surface area contributed by atoms with Crippen molar-refractivity contribution < 1.29 is 4.74 Å². The predicted octanol–water partition coefficient (Wildman–Crippen LogP) is 3.17. The van der Waals surface area contributed by atoms with Crippen LogP contribution in [0.3, 0.4) is 0 Å². The Balaban J connectivity index is 2.32. The molecule has 0 bridgehead atoms. The Labute approximate surface area is 124 Å². The maximum absolute atomic E-state index is 5.79. The van der Waals surface area contributed by atoms with Crippen LogP contribution in [0, 0.1) is 0 Å². The fourth-order valence-electron chi connectivity index (χ4n) is 2.64. The van der Waals surface area contributed by atoms with Gasteiger partial charge in [-0.15, -0.1) is 0 Å². The molecule has 4 heteroatoms. The summed E-state index contributed by atoms with van der Waals surface area (Å²) in [5, 5.41) is 3.26. The van der Waals surface area contributed by atoms with Gasteiger partial charge in [0.15, 0.2) is 0 Å². The van der Waals surface area contributed by atoms with Gasteiger partial charge in [-0.1, -0.05) is 22.9 Å². The topological polar surface area (TPSA) is 24.5 Å². The number of halogens is 1. The summed E-state index contributed by atoms with van der Waals surface area (Å²) in [4.78, 5) is 2.51. The molecule has 1 N–H and O–H groups in total. The van der Waals surface area contributed by atoms with Gasteiger partial charge in [0.25, 0.3) is 0 Å². The first-order valence-electron chi connectivity index (χ1n) is 6.97. The van der Waals surface area contributed by atoms with Crippen molar-refractivity contribution in [1.29, 1.82) is 0 Å². The van der Waals surface area contributed by atoms with Crippen molar-refractivity contribution in [2.45, 2.75) is 39.0 Å². The number of nitrogens with zero attached hydrogens (tertiary/aromatic N) is 1. The van der Waals surface area contributed by atoms with Crippen LogP contribution in [0.25, 0.3) is 0 Å². The molecule has 1 aliphatic rings. The summed E-state index contributed by atoms with van der Waals surface area (Å²) in [6.07, 6.45) is 1.41. The molecule has 0 radical (unpaired) electrons. The number of ether oxygens (including phenoxy) is 1. The Morgan fingerprint density at radius 2 is 2.26 bits per heavy atom. The van der Waals surface area contributed by atoms with Gasteiger partial charge in [0.1, 0.15) is 0 Å².